The Labute approximate surface area is 136 Å². The summed E-state index contributed by atoms with van der Waals surface area (Å²) in [7, 11) is -3.51. The second-order valence-corrected chi connectivity index (χ2v) is 7.87. The smallest absolute Gasteiger partial charge is 0.243 e. The second kappa shape index (κ2) is 6.68. The normalized spacial score (nSPS) is 21.6. The minimum Gasteiger partial charge on any atom is -0.350 e. The van der Waals surface area contributed by atoms with Crippen LogP contribution in [0.1, 0.15) is 30.1 Å². The topological polar surface area (TPSA) is 72.9 Å². The summed E-state index contributed by atoms with van der Waals surface area (Å²) < 4.78 is 37.9. The molecule has 23 heavy (non-hydrogen) atoms. The summed E-state index contributed by atoms with van der Waals surface area (Å²) >= 11 is 0. The molecule has 2 saturated heterocycles. The number of Topliss-reactive ketones (excluding diaryl/α,β-unsaturated/α-hetero) is 1. The van der Waals surface area contributed by atoms with E-state index in [1.165, 1.54) is 23.4 Å². The average Bonchev–Trinajstić information content (AvgIpc) is 3.09. The Bertz CT molecular complexity index is 656. The standard InChI is InChI=1S/C16H21NO5S/c1-12(18)13-2-4-15(5-3-13)23(19,20)17-8-6-14(7-9-17)16-21-10-11-22-16/h2-5,14,16H,6-11H2,1H3. The Morgan fingerprint density at radius 3 is 2.17 bits per heavy atom. The van der Waals surface area contributed by atoms with Crippen LogP contribution in [0.15, 0.2) is 29.2 Å². The van der Waals surface area contributed by atoms with Crippen molar-refractivity contribution in [2.24, 2.45) is 5.92 Å². The molecule has 2 heterocycles. The molecule has 2 fully saturated rings. The first-order chi connectivity index (χ1) is 11.0. The minimum atomic E-state index is -3.51. The zero-order chi connectivity index (χ0) is 16.4. The molecule has 0 aromatic heterocycles. The predicted octanol–water partition coefficient (Wildman–Crippen LogP) is 1.66. The number of carbonyl (C=O) groups is 1. The van der Waals surface area contributed by atoms with Crippen LogP contribution in [0.25, 0.3) is 0 Å². The van der Waals surface area contributed by atoms with Gasteiger partial charge in [0.25, 0.3) is 0 Å². The maximum atomic E-state index is 12.7. The zero-order valence-corrected chi connectivity index (χ0v) is 13.9. The summed E-state index contributed by atoms with van der Waals surface area (Å²) in [5.41, 5.74) is 0.512. The van der Waals surface area contributed by atoms with Crippen LogP contribution in [0.3, 0.4) is 0 Å². The number of carbonyl (C=O) groups excluding carboxylic acids is 1. The molecular weight excluding hydrogens is 318 g/mol. The average molecular weight is 339 g/mol. The lowest BCUT2D eigenvalue weighted by Crippen LogP contribution is -2.41. The van der Waals surface area contributed by atoms with E-state index in [2.05, 4.69) is 0 Å². The molecule has 0 saturated carbocycles. The monoisotopic (exact) mass is 339 g/mol. The van der Waals surface area contributed by atoms with Gasteiger partial charge in [0.2, 0.25) is 10.0 Å². The third-order valence-corrected chi connectivity index (χ3v) is 6.34. The predicted molar refractivity (Wildman–Crippen MR) is 83.6 cm³/mol. The zero-order valence-electron chi connectivity index (χ0n) is 13.1. The molecule has 0 atom stereocenters. The molecule has 0 unspecified atom stereocenters. The number of sulfonamides is 1. The molecule has 3 rings (SSSR count). The van der Waals surface area contributed by atoms with Gasteiger partial charge >= 0.3 is 0 Å². The number of nitrogens with zero attached hydrogens (tertiary/aromatic N) is 1. The molecule has 0 amide bonds. The number of hydrogen-bond donors (Lipinski definition) is 0. The summed E-state index contributed by atoms with van der Waals surface area (Å²) in [6.45, 7) is 3.62. The summed E-state index contributed by atoms with van der Waals surface area (Å²) in [6, 6.07) is 6.12. The van der Waals surface area contributed by atoms with Crippen LogP contribution in [0.2, 0.25) is 0 Å². The highest BCUT2D eigenvalue weighted by Gasteiger charge is 2.34. The Hall–Kier alpha value is -1.28. The van der Waals surface area contributed by atoms with Crippen LogP contribution in [0.4, 0.5) is 0 Å². The van der Waals surface area contributed by atoms with Crippen molar-refractivity contribution in [1.82, 2.24) is 4.31 Å². The maximum Gasteiger partial charge on any atom is 0.243 e. The first-order valence-corrected chi connectivity index (χ1v) is 9.27. The lowest BCUT2D eigenvalue weighted by atomic mass is 9.98. The molecular formula is C16H21NO5S. The number of hydrogen-bond acceptors (Lipinski definition) is 5. The quantitative estimate of drug-likeness (QED) is 0.780. The molecule has 126 valence electrons. The number of ether oxygens (including phenoxy) is 2. The molecule has 0 spiro atoms. The molecule has 0 N–H and O–H groups in total. The van der Waals surface area contributed by atoms with E-state index in [1.807, 2.05) is 0 Å². The number of benzene rings is 1. The number of piperidine rings is 1. The fraction of sp³-hybridized carbons (Fsp3) is 0.562. The first kappa shape index (κ1) is 16.6. The number of ketones is 1. The highest BCUT2D eigenvalue weighted by atomic mass is 32.2. The maximum absolute atomic E-state index is 12.7. The summed E-state index contributed by atoms with van der Waals surface area (Å²) in [5, 5.41) is 0. The van der Waals surface area contributed by atoms with E-state index < -0.39 is 10.0 Å². The largest absolute Gasteiger partial charge is 0.350 e. The van der Waals surface area contributed by atoms with Gasteiger partial charge in [0.15, 0.2) is 12.1 Å². The van der Waals surface area contributed by atoms with Crippen LogP contribution in [-0.4, -0.2) is 51.1 Å². The van der Waals surface area contributed by atoms with Crippen LogP contribution >= 0.6 is 0 Å². The Kier molecular flexibility index (Phi) is 4.82. The van der Waals surface area contributed by atoms with Gasteiger partial charge in [-0.2, -0.15) is 4.31 Å². The third kappa shape index (κ3) is 3.47. The third-order valence-electron chi connectivity index (χ3n) is 4.43. The van der Waals surface area contributed by atoms with Crippen molar-refractivity contribution in [2.75, 3.05) is 26.3 Å². The second-order valence-electron chi connectivity index (χ2n) is 5.93. The van der Waals surface area contributed by atoms with E-state index in [0.29, 0.717) is 31.9 Å². The number of rotatable bonds is 4. The van der Waals surface area contributed by atoms with Gasteiger partial charge in [-0.1, -0.05) is 12.1 Å². The van der Waals surface area contributed by atoms with Crippen LogP contribution < -0.4 is 0 Å². The van der Waals surface area contributed by atoms with E-state index in [1.54, 1.807) is 12.1 Å². The molecule has 2 aliphatic heterocycles. The van der Waals surface area contributed by atoms with Crippen LogP contribution in [0, 0.1) is 5.92 Å². The van der Waals surface area contributed by atoms with Crippen molar-refractivity contribution < 1.29 is 22.7 Å². The molecule has 1 aromatic rings. The van der Waals surface area contributed by atoms with Crippen LogP contribution in [0.5, 0.6) is 0 Å². The Balaban J connectivity index is 1.67. The lowest BCUT2D eigenvalue weighted by Gasteiger charge is -2.33. The lowest BCUT2D eigenvalue weighted by molar-refractivity contribution is -0.0938. The van der Waals surface area contributed by atoms with Gasteiger partial charge in [-0.25, -0.2) is 8.42 Å². The molecule has 1 aromatic carbocycles. The molecule has 0 radical (unpaired) electrons. The van der Waals surface area contributed by atoms with Gasteiger partial charge in [0.1, 0.15) is 0 Å². The Morgan fingerprint density at radius 2 is 1.65 bits per heavy atom. The van der Waals surface area contributed by atoms with E-state index in [0.717, 1.165) is 12.8 Å². The fourth-order valence-electron chi connectivity index (χ4n) is 3.05. The van der Waals surface area contributed by atoms with Gasteiger partial charge < -0.3 is 9.47 Å². The van der Waals surface area contributed by atoms with Gasteiger partial charge in [0, 0.05) is 24.6 Å². The van der Waals surface area contributed by atoms with E-state index >= 15 is 0 Å². The van der Waals surface area contributed by atoms with E-state index in [4.69, 9.17) is 9.47 Å². The fourth-order valence-corrected chi connectivity index (χ4v) is 4.52. The molecule has 2 aliphatic rings. The summed E-state index contributed by atoms with van der Waals surface area (Å²) in [6.07, 6.45) is 1.28. The molecule has 0 aliphatic carbocycles. The van der Waals surface area contributed by atoms with E-state index in [-0.39, 0.29) is 22.9 Å². The SMILES string of the molecule is CC(=O)c1ccc(S(=O)(=O)N2CCC(C3OCCO3)CC2)cc1. The van der Waals surface area contributed by atoms with Crippen molar-refractivity contribution in [3.05, 3.63) is 29.8 Å². The Morgan fingerprint density at radius 1 is 1.09 bits per heavy atom. The van der Waals surface area contributed by atoms with Crippen molar-refractivity contribution in [2.45, 2.75) is 31.0 Å². The summed E-state index contributed by atoms with van der Waals surface area (Å²) in [5.74, 6) is 0.176. The van der Waals surface area contributed by atoms with Crippen molar-refractivity contribution in [1.29, 1.82) is 0 Å². The van der Waals surface area contributed by atoms with Gasteiger partial charge in [-0.15, -0.1) is 0 Å². The van der Waals surface area contributed by atoms with Crippen molar-refractivity contribution >= 4 is 15.8 Å². The van der Waals surface area contributed by atoms with Crippen molar-refractivity contribution in [3.8, 4) is 0 Å². The highest BCUT2D eigenvalue weighted by molar-refractivity contribution is 7.89. The minimum absolute atomic E-state index is 0.0775. The van der Waals surface area contributed by atoms with Crippen LogP contribution in [-0.2, 0) is 19.5 Å². The van der Waals surface area contributed by atoms with Gasteiger partial charge in [-0.05, 0) is 31.9 Å². The van der Waals surface area contributed by atoms with Crippen molar-refractivity contribution in [3.63, 3.8) is 0 Å². The highest BCUT2D eigenvalue weighted by Crippen LogP contribution is 2.28. The first-order valence-electron chi connectivity index (χ1n) is 7.83. The van der Waals surface area contributed by atoms with Gasteiger partial charge in [-0.3, -0.25) is 4.79 Å². The molecule has 7 heteroatoms. The molecule has 0 bridgehead atoms. The van der Waals surface area contributed by atoms with Gasteiger partial charge in [0.05, 0.1) is 18.1 Å². The summed E-state index contributed by atoms with van der Waals surface area (Å²) in [4.78, 5) is 11.5. The van der Waals surface area contributed by atoms with E-state index in [9.17, 15) is 13.2 Å². The molecule has 6 nitrogen and oxygen atoms in total.